The quantitative estimate of drug-likeness (QED) is 0.284. The Morgan fingerprint density at radius 1 is 1.09 bits per heavy atom. The predicted molar refractivity (Wildman–Crippen MR) is 144 cm³/mol. The summed E-state index contributed by atoms with van der Waals surface area (Å²) in [6, 6.07) is 19.7. The largest absolute Gasteiger partial charge is 0.483 e. The van der Waals surface area contributed by atoms with Gasteiger partial charge in [0.1, 0.15) is 5.75 Å². The number of carbonyl (C=O) groups is 2. The fourth-order valence-electron chi connectivity index (χ4n) is 3.19. The maximum atomic E-state index is 13.1. The molecule has 1 fully saturated rings. The number of thioether (sulfide) groups is 1. The van der Waals surface area contributed by atoms with E-state index in [4.69, 9.17) is 40.2 Å². The van der Waals surface area contributed by atoms with Gasteiger partial charge in [-0.15, -0.1) is 0 Å². The second-order valence-electron chi connectivity index (χ2n) is 7.33. The number of carbonyl (C=O) groups excluding carboxylic acids is 2. The van der Waals surface area contributed by atoms with Gasteiger partial charge < -0.3 is 10.1 Å². The van der Waals surface area contributed by atoms with E-state index in [1.807, 2.05) is 37.3 Å². The first kappa shape index (κ1) is 24.3. The van der Waals surface area contributed by atoms with Gasteiger partial charge in [0.15, 0.2) is 10.9 Å². The number of ether oxygens (including phenoxy) is 1. The third-order valence-electron chi connectivity index (χ3n) is 4.88. The number of nitrogens with zero attached hydrogens (tertiary/aromatic N) is 1. The summed E-state index contributed by atoms with van der Waals surface area (Å²) in [5, 5.41) is 3.28. The number of anilines is 2. The van der Waals surface area contributed by atoms with Gasteiger partial charge in [0, 0.05) is 5.56 Å². The van der Waals surface area contributed by atoms with Crippen molar-refractivity contribution in [1.82, 2.24) is 0 Å². The normalized spacial score (nSPS) is 14.6. The Kier molecular flexibility index (Phi) is 7.58. The van der Waals surface area contributed by atoms with Crippen LogP contribution in [0.5, 0.6) is 5.75 Å². The van der Waals surface area contributed by atoms with E-state index in [1.54, 1.807) is 42.5 Å². The lowest BCUT2D eigenvalue weighted by Crippen LogP contribution is -2.27. The molecule has 34 heavy (non-hydrogen) atoms. The number of nitrogens with one attached hydrogen (secondary N) is 1. The second kappa shape index (κ2) is 10.6. The van der Waals surface area contributed by atoms with Crippen LogP contribution in [0.3, 0.4) is 0 Å². The lowest BCUT2D eigenvalue weighted by Gasteiger charge is -2.14. The highest BCUT2D eigenvalue weighted by Gasteiger charge is 2.33. The summed E-state index contributed by atoms with van der Waals surface area (Å²) in [6.45, 7) is 1.73. The van der Waals surface area contributed by atoms with Crippen LogP contribution >= 0.6 is 47.2 Å². The van der Waals surface area contributed by atoms with Gasteiger partial charge in [-0.1, -0.05) is 89.1 Å². The van der Waals surface area contributed by atoms with Gasteiger partial charge in [0.05, 0.1) is 26.3 Å². The van der Waals surface area contributed by atoms with Crippen LogP contribution in [-0.4, -0.2) is 22.7 Å². The molecule has 9 heteroatoms. The minimum Gasteiger partial charge on any atom is -0.483 e. The first-order chi connectivity index (χ1) is 16.3. The molecule has 1 N–H and O–H groups in total. The van der Waals surface area contributed by atoms with Gasteiger partial charge in [-0.3, -0.25) is 14.5 Å². The number of hydrogen-bond acceptors (Lipinski definition) is 5. The molecule has 1 saturated heterocycles. The van der Waals surface area contributed by atoms with E-state index in [-0.39, 0.29) is 17.5 Å². The number of amides is 2. The summed E-state index contributed by atoms with van der Waals surface area (Å²) in [7, 11) is 0. The fourth-order valence-corrected chi connectivity index (χ4v) is 4.82. The van der Waals surface area contributed by atoms with Gasteiger partial charge in [0.2, 0.25) is 0 Å². The molecule has 0 atom stereocenters. The summed E-state index contributed by atoms with van der Waals surface area (Å²) in [5.74, 6) is -0.151. The molecule has 4 rings (SSSR count). The molecule has 3 aromatic rings. The van der Waals surface area contributed by atoms with Crippen LogP contribution in [0.4, 0.5) is 11.4 Å². The molecule has 0 aromatic heterocycles. The maximum absolute atomic E-state index is 13.1. The first-order valence-corrected chi connectivity index (χ1v) is 12.1. The Bertz CT molecular complexity index is 1310. The number of rotatable bonds is 6. The monoisotopic (exact) mass is 528 g/mol. The summed E-state index contributed by atoms with van der Waals surface area (Å²) >= 11 is 18.8. The summed E-state index contributed by atoms with van der Waals surface area (Å²) in [4.78, 5) is 27.4. The Balaban J connectivity index is 1.48. The number of benzene rings is 3. The molecule has 3 aromatic carbocycles. The predicted octanol–water partition coefficient (Wildman–Crippen LogP) is 6.73. The van der Waals surface area contributed by atoms with E-state index in [9.17, 15) is 9.59 Å². The lowest BCUT2D eigenvalue weighted by atomic mass is 10.1. The number of hydrogen-bond donors (Lipinski definition) is 1. The minimum atomic E-state index is -0.398. The van der Waals surface area contributed by atoms with Gasteiger partial charge in [-0.2, -0.15) is 0 Å². The van der Waals surface area contributed by atoms with Crippen molar-refractivity contribution in [2.24, 2.45) is 0 Å². The average molecular weight is 529 g/mol. The van der Waals surface area contributed by atoms with Gasteiger partial charge in [0.25, 0.3) is 11.8 Å². The number of thiocarbonyl (C=S) groups is 1. The van der Waals surface area contributed by atoms with Crippen molar-refractivity contribution in [2.75, 3.05) is 16.8 Å². The maximum Gasteiger partial charge on any atom is 0.270 e. The topological polar surface area (TPSA) is 58.6 Å². The molecule has 0 saturated carbocycles. The van der Waals surface area contributed by atoms with E-state index in [2.05, 4.69) is 5.32 Å². The van der Waals surface area contributed by atoms with Crippen molar-refractivity contribution in [3.05, 3.63) is 92.8 Å². The summed E-state index contributed by atoms with van der Waals surface area (Å²) < 4.78 is 6.19. The SMILES string of the molecule is Cc1ccc(N2C(=O)/C(=C/c3ccccc3OCC(=O)Nc3cccc(Cl)c3Cl)SC2=S)cc1. The Hall–Kier alpha value is -2.84. The van der Waals surface area contributed by atoms with Crippen LogP contribution < -0.4 is 15.0 Å². The molecule has 5 nitrogen and oxygen atoms in total. The average Bonchev–Trinajstić information content (AvgIpc) is 3.09. The van der Waals surface area contributed by atoms with E-state index in [0.717, 1.165) is 11.3 Å². The lowest BCUT2D eigenvalue weighted by molar-refractivity contribution is -0.118. The number of para-hydroxylation sites is 1. The molecule has 172 valence electrons. The number of halogens is 2. The molecule has 0 radical (unpaired) electrons. The first-order valence-electron chi connectivity index (χ1n) is 10.1. The fraction of sp³-hybridized carbons (Fsp3) is 0.0800. The van der Waals surface area contributed by atoms with E-state index < -0.39 is 5.91 Å². The van der Waals surface area contributed by atoms with Crippen molar-refractivity contribution in [1.29, 1.82) is 0 Å². The third-order valence-corrected chi connectivity index (χ3v) is 7.00. The highest BCUT2D eigenvalue weighted by Crippen LogP contribution is 2.37. The highest BCUT2D eigenvalue weighted by molar-refractivity contribution is 8.27. The van der Waals surface area contributed by atoms with Crippen molar-refractivity contribution < 1.29 is 14.3 Å². The Morgan fingerprint density at radius 3 is 2.59 bits per heavy atom. The molecule has 1 heterocycles. The summed E-state index contributed by atoms with van der Waals surface area (Å²) in [6.07, 6.45) is 1.72. The van der Waals surface area contributed by atoms with E-state index >= 15 is 0 Å². The third kappa shape index (κ3) is 5.45. The molecule has 2 amide bonds. The van der Waals surface area contributed by atoms with Crippen LogP contribution in [0.1, 0.15) is 11.1 Å². The van der Waals surface area contributed by atoms with Gasteiger partial charge in [-0.25, -0.2) is 0 Å². The molecule has 0 bridgehead atoms. The number of aryl methyl sites for hydroxylation is 1. The van der Waals surface area contributed by atoms with Crippen LogP contribution in [0.2, 0.25) is 10.0 Å². The molecule has 0 unspecified atom stereocenters. The van der Waals surface area contributed by atoms with E-state index in [0.29, 0.717) is 31.2 Å². The second-order valence-corrected chi connectivity index (χ2v) is 9.79. The summed E-state index contributed by atoms with van der Waals surface area (Å²) in [5.41, 5.74) is 2.87. The zero-order valence-electron chi connectivity index (χ0n) is 17.9. The van der Waals surface area contributed by atoms with E-state index in [1.165, 1.54) is 16.7 Å². The molecule has 1 aliphatic heterocycles. The smallest absolute Gasteiger partial charge is 0.270 e. The van der Waals surface area contributed by atoms with Crippen LogP contribution in [-0.2, 0) is 9.59 Å². The van der Waals surface area contributed by atoms with Crippen molar-refractivity contribution in [3.63, 3.8) is 0 Å². The Labute approximate surface area is 216 Å². The Morgan fingerprint density at radius 2 is 1.82 bits per heavy atom. The minimum absolute atomic E-state index is 0.206. The standard InChI is InChI=1S/C25H18Cl2N2O3S2/c1-15-9-11-17(12-10-15)29-24(31)21(34-25(29)33)13-16-5-2-3-8-20(16)32-14-22(30)28-19-7-4-6-18(26)23(19)27/h2-13H,14H2,1H3,(H,28,30)/b21-13-. The molecule has 1 aliphatic rings. The van der Waals surface area contributed by atoms with Crippen LogP contribution in [0.15, 0.2) is 71.6 Å². The zero-order chi connectivity index (χ0) is 24.2. The van der Waals surface area contributed by atoms with Gasteiger partial charge in [-0.05, 0) is 43.3 Å². The van der Waals surface area contributed by atoms with Crippen molar-refractivity contribution in [2.45, 2.75) is 6.92 Å². The zero-order valence-corrected chi connectivity index (χ0v) is 21.0. The van der Waals surface area contributed by atoms with Crippen LogP contribution in [0, 0.1) is 6.92 Å². The van der Waals surface area contributed by atoms with Crippen molar-refractivity contribution >= 4 is 80.8 Å². The molecular weight excluding hydrogens is 511 g/mol. The van der Waals surface area contributed by atoms with Crippen molar-refractivity contribution in [3.8, 4) is 5.75 Å². The molecular formula is C25H18Cl2N2O3S2. The molecule has 0 spiro atoms. The molecule has 0 aliphatic carbocycles. The highest BCUT2D eigenvalue weighted by atomic mass is 35.5. The van der Waals surface area contributed by atoms with Gasteiger partial charge >= 0.3 is 0 Å². The van der Waals surface area contributed by atoms with Crippen LogP contribution in [0.25, 0.3) is 6.08 Å².